The summed E-state index contributed by atoms with van der Waals surface area (Å²) in [6.07, 6.45) is 5.81. The second-order valence-electron chi connectivity index (χ2n) is 5.64. The van der Waals surface area contributed by atoms with E-state index in [1.807, 2.05) is 6.92 Å². The standard InChI is InChI=1S/C13H24N4O2S/c1-9(11-6-4-3-5-7-11)17-20(18,19)13-12(8-14)10(2)15-16-13/h9,11,17H,3-8,14H2,1-2H3,(H,15,16). The normalized spacial score (nSPS) is 19.1. The van der Waals surface area contributed by atoms with Crippen LogP contribution in [-0.2, 0) is 16.6 Å². The van der Waals surface area contributed by atoms with Crippen LogP contribution in [-0.4, -0.2) is 24.7 Å². The van der Waals surface area contributed by atoms with E-state index in [0.717, 1.165) is 12.8 Å². The number of nitrogens with two attached hydrogens (primary N) is 1. The van der Waals surface area contributed by atoms with Crippen LogP contribution in [0.1, 0.15) is 50.3 Å². The molecular formula is C13H24N4O2S. The Labute approximate surface area is 120 Å². The summed E-state index contributed by atoms with van der Waals surface area (Å²) >= 11 is 0. The lowest BCUT2D eigenvalue weighted by molar-refractivity contribution is 0.303. The molecular weight excluding hydrogens is 276 g/mol. The molecule has 1 aromatic rings. The summed E-state index contributed by atoms with van der Waals surface area (Å²) in [5.41, 5.74) is 6.88. The number of aromatic nitrogens is 2. The van der Waals surface area contributed by atoms with Crippen LogP contribution in [0.2, 0.25) is 0 Å². The maximum absolute atomic E-state index is 12.4. The van der Waals surface area contributed by atoms with E-state index >= 15 is 0 Å². The summed E-state index contributed by atoms with van der Waals surface area (Å²) in [5.74, 6) is 0.417. The van der Waals surface area contributed by atoms with Gasteiger partial charge in [-0.3, -0.25) is 5.10 Å². The molecule has 0 amide bonds. The average Bonchev–Trinajstić information content (AvgIpc) is 2.81. The predicted octanol–water partition coefficient (Wildman–Crippen LogP) is 1.42. The highest BCUT2D eigenvalue weighted by molar-refractivity contribution is 7.89. The Bertz CT molecular complexity index is 547. The van der Waals surface area contributed by atoms with Crippen LogP contribution >= 0.6 is 0 Å². The van der Waals surface area contributed by atoms with Crippen LogP contribution < -0.4 is 10.5 Å². The number of H-pyrrole nitrogens is 1. The fourth-order valence-corrected chi connectivity index (χ4v) is 4.44. The van der Waals surface area contributed by atoms with E-state index in [9.17, 15) is 8.42 Å². The van der Waals surface area contributed by atoms with E-state index in [4.69, 9.17) is 5.73 Å². The van der Waals surface area contributed by atoms with Crippen molar-refractivity contribution in [1.82, 2.24) is 14.9 Å². The Morgan fingerprint density at radius 3 is 2.65 bits per heavy atom. The second-order valence-corrected chi connectivity index (χ2v) is 7.27. The molecule has 0 radical (unpaired) electrons. The van der Waals surface area contributed by atoms with Crippen LogP contribution in [0, 0.1) is 12.8 Å². The van der Waals surface area contributed by atoms with Gasteiger partial charge >= 0.3 is 0 Å². The summed E-state index contributed by atoms with van der Waals surface area (Å²) in [7, 11) is -3.60. The summed E-state index contributed by atoms with van der Waals surface area (Å²) in [6, 6.07) is -0.0667. The zero-order chi connectivity index (χ0) is 14.8. The third-order valence-corrected chi connectivity index (χ3v) is 5.72. The first-order valence-corrected chi connectivity index (χ1v) is 8.70. The Hall–Kier alpha value is -0.920. The number of hydrogen-bond donors (Lipinski definition) is 3. The fraction of sp³-hybridized carbons (Fsp3) is 0.769. The highest BCUT2D eigenvalue weighted by atomic mass is 32.2. The van der Waals surface area contributed by atoms with Gasteiger partial charge in [0.15, 0.2) is 5.03 Å². The van der Waals surface area contributed by atoms with Crippen molar-refractivity contribution in [1.29, 1.82) is 0 Å². The molecule has 1 aromatic heterocycles. The van der Waals surface area contributed by atoms with Crippen molar-refractivity contribution in [3.63, 3.8) is 0 Å². The quantitative estimate of drug-likeness (QED) is 0.765. The maximum atomic E-state index is 12.4. The van der Waals surface area contributed by atoms with Gasteiger partial charge in [-0.15, -0.1) is 0 Å². The Morgan fingerprint density at radius 1 is 1.40 bits per heavy atom. The molecule has 20 heavy (non-hydrogen) atoms. The van der Waals surface area contributed by atoms with Gasteiger partial charge in [-0.1, -0.05) is 19.3 Å². The Kier molecular flexibility index (Phi) is 4.82. The summed E-state index contributed by atoms with van der Waals surface area (Å²) in [6.45, 7) is 3.88. The molecule has 1 atom stereocenters. The number of aryl methyl sites for hydroxylation is 1. The monoisotopic (exact) mass is 300 g/mol. The van der Waals surface area contributed by atoms with Crippen LogP contribution in [0.25, 0.3) is 0 Å². The van der Waals surface area contributed by atoms with E-state index in [-0.39, 0.29) is 17.6 Å². The van der Waals surface area contributed by atoms with E-state index in [1.165, 1.54) is 19.3 Å². The van der Waals surface area contributed by atoms with Crippen molar-refractivity contribution in [2.75, 3.05) is 0 Å². The van der Waals surface area contributed by atoms with Crippen molar-refractivity contribution in [3.8, 4) is 0 Å². The summed E-state index contributed by atoms with van der Waals surface area (Å²) in [4.78, 5) is 0. The zero-order valence-electron chi connectivity index (χ0n) is 12.1. The van der Waals surface area contributed by atoms with E-state index in [1.54, 1.807) is 6.92 Å². The third kappa shape index (κ3) is 3.21. The molecule has 1 fully saturated rings. The van der Waals surface area contributed by atoms with Crippen molar-refractivity contribution in [3.05, 3.63) is 11.3 Å². The smallest absolute Gasteiger partial charge is 0.260 e. The van der Waals surface area contributed by atoms with Crippen LogP contribution in [0.5, 0.6) is 0 Å². The van der Waals surface area contributed by atoms with Crippen LogP contribution in [0.4, 0.5) is 0 Å². The van der Waals surface area contributed by atoms with Gasteiger partial charge in [-0.2, -0.15) is 5.10 Å². The van der Waals surface area contributed by atoms with Gasteiger partial charge in [0.1, 0.15) is 0 Å². The lowest BCUT2D eigenvalue weighted by Crippen LogP contribution is -2.39. The largest absolute Gasteiger partial charge is 0.326 e. The molecule has 0 saturated heterocycles. The summed E-state index contributed by atoms with van der Waals surface area (Å²) < 4.78 is 27.6. The van der Waals surface area contributed by atoms with Crippen LogP contribution in [0.15, 0.2) is 5.03 Å². The lowest BCUT2D eigenvalue weighted by atomic mass is 9.85. The number of nitrogens with one attached hydrogen (secondary N) is 2. The van der Waals surface area contributed by atoms with Crippen molar-refractivity contribution < 1.29 is 8.42 Å². The topological polar surface area (TPSA) is 101 Å². The van der Waals surface area contributed by atoms with Gasteiger partial charge in [0.25, 0.3) is 10.0 Å². The van der Waals surface area contributed by atoms with Gasteiger partial charge in [0.2, 0.25) is 0 Å². The molecule has 1 aliphatic carbocycles. The number of nitrogens with zero attached hydrogens (tertiary/aromatic N) is 1. The van der Waals surface area contributed by atoms with Gasteiger partial charge in [0.05, 0.1) is 0 Å². The molecule has 1 heterocycles. The Balaban J connectivity index is 2.13. The van der Waals surface area contributed by atoms with Crippen LogP contribution in [0.3, 0.4) is 0 Å². The second kappa shape index (κ2) is 6.24. The summed E-state index contributed by atoms with van der Waals surface area (Å²) in [5, 5.41) is 6.64. The molecule has 0 aromatic carbocycles. The van der Waals surface area contributed by atoms with Crippen molar-refractivity contribution >= 4 is 10.0 Å². The number of sulfonamides is 1. The number of hydrogen-bond acceptors (Lipinski definition) is 4. The van der Waals surface area contributed by atoms with E-state index in [2.05, 4.69) is 14.9 Å². The molecule has 1 saturated carbocycles. The minimum absolute atomic E-state index is 0.0418. The molecule has 1 aliphatic rings. The molecule has 6 nitrogen and oxygen atoms in total. The average molecular weight is 300 g/mol. The molecule has 0 spiro atoms. The maximum Gasteiger partial charge on any atom is 0.260 e. The molecule has 7 heteroatoms. The number of aromatic amines is 1. The SMILES string of the molecule is Cc1[nH]nc(S(=O)(=O)NC(C)C2CCCCC2)c1CN. The first-order chi connectivity index (χ1) is 9.45. The third-order valence-electron chi connectivity index (χ3n) is 4.19. The lowest BCUT2D eigenvalue weighted by Gasteiger charge is -2.27. The molecule has 1 unspecified atom stereocenters. The van der Waals surface area contributed by atoms with E-state index in [0.29, 0.717) is 17.2 Å². The zero-order valence-corrected chi connectivity index (χ0v) is 13.0. The fourth-order valence-electron chi connectivity index (χ4n) is 2.92. The number of rotatable bonds is 5. The highest BCUT2D eigenvalue weighted by Gasteiger charge is 2.28. The van der Waals surface area contributed by atoms with Crippen molar-refractivity contribution in [2.24, 2.45) is 11.7 Å². The van der Waals surface area contributed by atoms with Gasteiger partial charge < -0.3 is 5.73 Å². The van der Waals surface area contributed by atoms with E-state index < -0.39 is 10.0 Å². The minimum Gasteiger partial charge on any atom is -0.326 e. The molecule has 2 rings (SSSR count). The first-order valence-electron chi connectivity index (χ1n) is 7.22. The predicted molar refractivity (Wildman–Crippen MR) is 77.6 cm³/mol. The first kappa shape index (κ1) is 15.5. The minimum atomic E-state index is -3.60. The molecule has 4 N–H and O–H groups in total. The molecule has 0 bridgehead atoms. The molecule has 114 valence electrons. The van der Waals surface area contributed by atoms with Gasteiger partial charge in [-0.05, 0) is 32.6 Å². The molecule has 0 aliphatic heterocycles. The highest BCUT2D eigenvalue weighted by Crippen LogP contribution is 2.27. The van der Waals surface area contributed by atoms with Crippen molar-refractivity contribution in [2.45, 2.75) is 63.6 Å². The Morgan fingerprint density at radius 2 is 2.05 bits per heavy atom. The van der Waals surface area contributed by atoms with Gasteiger partial charge in [0, 0.05) is 23.8 Å². The van der Waals surface area contributed by atoms with Gasteiger partial charge in [-0.25, -0.2) is 13.1 Å².